The maximum atomic E-state index is 14.8. The molecule has 0 bridgehead atoms. The van der Waals surface area contributed by atoms with Crippen LogP contribution in [0, 0.1) is 50.2 Å². The Morgan fingerprint density at radius 2 is 1.39 bits per heavy atom. The molecular formula is C52H82O24. The molecule has 4 heterocycles. The van der Waals surface area contributed by atoms with Crippen molar-refractivity contribution in [1.82, 2.24) is 0 Å². The zero-order valence-corrected chi connectivity index (χ0v) is 44.2. The number of hydrogen-bond acceptors (Lipinski definition) is 23. The maximum Gasteiger partial charge on any atom is 0.357 e. The Bertz CT molecular complexity index is 2200. The molecular weight excluding hydrogens is 1010 g/mol. The van der Waals surface area contributed by atoms with Gasteiger partial charge < -0.3 is 109 Å². The van der Waals surface area contributed by atoms with Gasteiger partial charge in [0.25, 0.3) is 0 Å². The van der Waals surface area contributed by atoms with E-state index in [-0.39, 0.29) is 34.0 Å². The smallest absolute Gasteiger partial charge is 0.357 e. The molecule has 4 aliphatic heterocycles. The molecule has 24 nitrogen and oxygen atoms in total. The summed E-state index contributed by atoms with van der Waals surface area (Å²) in [5.74, 6) is -5.76. The minimum Gasteiger partial charge on any atom is -0.479 e. The van der Waals surface area contributed by atoms with E-state index in [1.54, 1.807) is 0 Å². The van der Waals surface area contributed by atoms with Crippen molar-refractivity contribution in [3.8, 4) is 0 Å². The van der Waals surface area contributed by atoms with E-state index in [4.69, 9.17) is 37.9 Å². The Hall–Kier alpha value is -2.12. The zero-order valence-electron chi connectivity index (χ0n) is 44.2. The summed E-state index contributed by atoms with van der Waals surface area (Å²) >= 11 is 0. The lowest BCUT2D eigenvalue weighted by Crippen LogP contribution is -2.68. The number of carbonyl (C=O) groups excluding carboxylic acids is 1. The number of hydrogen-bond donors (Lipinski definition) is 14. The van der Waals surface area contributed by atoms with Crippen LogP contribution in [-0.4, -0.2) is 219 Å². The fourth-order valence-electron chi connectivity index (χ4n) is 16.1. The van der Waals surface area contributed by atoms with E-state index in [1.165, 1.54) is 0 Å². The van der Waals surface area contributed by atoms with Crippen LogP contribution in [0.15, 0.2) is 11.6 Å². The number of aliphatic hydroxyl groups excluding tert-OH is 11. The average Bonchev–Trinajstić information content (AvgIpc) is 3.65. The molecule has 0 aromatic rings. The lowest BCUT2D eigenvalue weighted by molar-refractivity contribution is -0.436. The van der Waals surface area contributed by atoms with Crippen LogP contribution in [0.4, 0.5) is 0 Å². The van der Waals surface area contributed by atoms with Gasteiger partial charge in [-0.3, -0.25) is 4.79 Å². The Morgan fingerprint density at radius 1 is 0.711 bits per heavy atom. The van der Waals surface area contributed by atoms with E-state index in [1.807, 2.05) is 0 Å². The second-order valence-electron chi connectivity index (χ2n) is 25.8. The first-order valence-electron chi connectivity index (χ1n) is 26.8. The molecule has 26 unspecified atom stereocenters. The van der Waals surface area contributed by atoms with Gasteiger partial charge in [0.1, 0.15) is 61.0 Å². The first-order valence-corrected chi connectivity index (χ1v) is 26.8. The molecule has 9 aliphatic rings. The van der Waals surface area contributed by atoms with E-state index in [0.29, 0.717) is 51.4 Å². The molecule has 0 aromatic heterocycles. The number of fused-ring (bicyclic) bond motifs is 7. The van der Waals surface area contributed by atoms with Crippen molar-refractivity contribution in [2.45, 2.75) is 229 Å². The molecule has 434 valence electrons. The van der Waals surface area contributed by atoms with Gasteiger partial charge in [-0.2, -0.15) is 0 Å². The lowest BCUT2D eigenvalue weighted by Gasteiger charge is -2.71. The molecule has 4 saturated heterocycles. The van der Waals surface area contributed by atoms with Gasteiger partial charge in [0.15, 0.2) is 43.0 Å². The number of carbonyl (C=O) groups is 2. The molecule has 8 fully saturated rings. The van der Waals surface area contributed by atoms with E-state index >= 15 is 0 Å². The first-order chi connectivity index (χ1) is 35.3. The highest BCUT2D eigenvalue weighted by Gasteiger charge is 2.71. The third kappa shape index (κ3) is 8.95. The molecule has 0 amide bonds. The van der Waals surface area contributed by atoms with Gasteiger partial charge in [-0.15, -0.1) is 0 Å². The normalized spacial score (nSPS) is 53.8. The second-order valence-corrected chi connectivity index (χ2v) is 25.8. The highest BCUT2D eigenvalue weighted by atomic mass is 16.9. The third-order valence-corrected chi connectivity index (χ3v) is 20.9. The van der Waals surface area contributed by atoms with Crippen LogP contribution in [0.3, 0.4) is 0 Å². The highest BCUT2D eigenvalue weighted by Crippen LogP contribution is 2.76. The standard InChI is InChI=1S/C52H82O24/c1-45(2)14-16-50(43(66)76-52(68)37(61)31(58)30(57)25(19-53)75-52)17-15-48(6)22(23(50)18-45)8-9-27-47(5)12-11-28(46(3,4)26(47)10-13-49(27,48)7)70-42-35(71-41-32(59)29(56)24(55)20-69-41)33(60)34(36(72-42)39(63)64)73-44-51(67,21-54)38(62)40(65)74-44/h8,23-38,40-42,44,53-62,65,67-68H,9-21H2,1-7H3,(H,63,64). The SMILES string of the molecule is CC1(C)CCC2(C(=O)OC3(O)OC(CO)C(O)C(O)C3O)CCC3(C)C(=CCC4C5(C)CCC(OC6OC(C(=O)O)C(OC7OC(O)C(O)C7(O)CO)C(O)C6OC6OCC(O)C(O)C6O)C(C)(C)C5CCC43C)C2C1. The Kier molecular flexibility index (Phi) is 15.5. The van der Waals surface area contributed by atoms with Gasteiger partial charge in [-0.05, 0) is 109 Å². The van der Waals surface area contributed by atoms with Crippen LogP contribution in [0.1, 0.15) is 113 Å². The van der Waals surface area contributed by atoms with Crippen molar-refractivity contribution in [1.29, 1.82) is 0 Å². The molecule has 0 spiro atoms. The second kappa shape index (κ2) is 20.1. The molecule has 9 rings (SSSR count). The van der Waals surface area contributed by atoms with Crippen molar-refractivity contribution >= 4 is 11.9 Å². The van der Waals surface area contributed by atoms with E-state index < -0.39 is 164 Å². The largest absolute Gasteiger partial charge is 0.479 e. The van der Waals surface area contributed by atoms with Crippen LogP contribution in [0.25, 0.3) is 0 Å². The van der Waals surface area contributed by atoms with E-state index in [0.717, 1.165) is 18.4 Å². The number of carboxylic acid groups (broad SMARTS) is 1. The number of carboxylic acids is 1. The predicted molar refractivity (Wildman–Crippen MR) is 254 cm³/mol. The van der Waals surface area contributed by atoms with Crippen LogP contribution >= 0.6 is 0 Å². The number of rotatable bonds is 11. The number of aliphatic hydroxyl groups is 13. The van der Waals surface area contributed by atoms with Gasteiger partial charge in [-0.1, -0.05) is 60.1 Å². The molecule has 4 saturated carbocycles. The van der Waals surface area contributed by atoms with Gasteiger partial charge in [0.2, 0.25) is 0 Å². The number of allylic oxidation sites excluding steroid dienone is 2. The van der Waals surface area contributed by atoms with Gasteiger partial charge in [0, 0.05) is 0 Å². The molecule has 24 heteroatoms. The number of ether oxygens (including phenoxy) is 8. The highest BCUT2D eigenvalue weighted by molar-refractivity contribution is 5.79. The molecule has 14 N–H and O–H groups in total. The maximum absolute atomic E-state index is 14.8. The Labute approximate surface area is 440 Å². The zero-order chi connectivity index (χ0) is 55.8. The molecule has 26 atom stereocenters. The van der Waals surface area contributed by atoms with Crippen LogP contribution in [-0.2, 0) is 47.5 Å². The van der Waals surface area contributed by atoms with Crippen LogP contribution in [0.2, 0.25) is 0 Å². The lowest BCUT2D eigenvalue weighted by atomic mass is 9.33. The molecule has 76 heavy (non-hydrogen) atoms. The van der Waals surface area contributed by atoms with Crippen molar-refractivity contribution in [3.63, 3.8) is 0 Å². The van der Waals surface area contributed by atoms with Gasteiger partial charge in [0.05, 0.1) is 31.3 Å². The molecule has 0 aromatic carbocycles. The fraction of sp³-hybridized carbons (Fsp3) is 0.923. The summed E-state index contributed by atoms with van der Waals surface area (Å²) < 4.78 is 46.6. The van der Waals surface area contributed by atoms with Crippen molar-refractivity contribution in [2.24, 2.45) is 50.2 Å². The summed E-state index contributed by atoms with van der Waals surface area (Å²) in [4.78, 5) is 27.8. The summed E-state index contributed by atoms with van der Waals surface area (Å²) in [6.07, 6.45) is -22.9. The summed E-state index contributed by atoms with van der Waals surface area (Å²) in [6.45, 7) is 12.8. The van der Waals surface area contributed by atoms with Crippen LogP contribution in [0.5, 0.6) is 0 Å². The molecule has 0 radical (unpaired) electrons. The minimum atomic E-state index is -3.04. The van der Waals surface area contributed by atoms with Gasteiger partial charge in [-0.25, -0.2) is 4.79 Å². The van der Waals surface area contributed by atoms with Crippen molar-refractivity contribution < 1.29 is 119 Å². The first kappa shape index (κ1) is 58.5. The Morgan fingerprint density at radius 3 is 2.05 bits per heavy atom. The summed E-state index contributed by atoms with van der Waals surface area (Å²) in [6, 6.07) is 0. The third-order valence-electron chi connectivity index (χ3n) is 20.9. The topological polar surface area (TPSA) is 391 Å². The summed E-state index contributed by atoms with van der Waals surface area (Å²) in [5.41, 5.74) is -4.62. The molecule has 5 aliphatic carbocycles. The average molecular weight is 1090 g/mol. The van der Waals surface area contributed by atoms with E-state index in [9.17, 15) is 81.1 Å². The Balaban J connectivity index is 0.987. The number of esters is 1. The van der Waals surface area contributed by atoms with Crippen molar-refractivity contribution in [2.75, 3.05) is 19.8 Å². The predicted octanol–water partition coefficient (Wildman–Crippen LogP) is -2.02. The summed E-state index contributed by atoms with van der Waals surface area (Å²) in [7, 11) is 0. The monoisotopic (exact) mass is 1090 g/mol. The van der Waals surface area contributed by atoms with Crippen LogP contribution < -0.4 is 0 Å². The van der Waals surface area contributed by atoms with Crippen molar-refractivity contribution in [3.05, 3.63) is 11.6 Å². The fourth-order valence-corrected chi connectivity index (χ4v) is 16.1. The summed E-state index contributed by atoms with van der Waals surface area (Å²) in [5, 5.41) is 149. The van der Waals surface area contributed by atoms with Gasteiger partial charge >= 0.3 is 17.9 Å². The van der Waals surface area contributed by atoms with E-state index in [2.05, 4.69) is 54.5 Å². The minimum absolute atomic E-state index is 0.0196. The number of aliphatic carboxylic acids is 1. The quantitative estimate of drug-likeness (QED) is 0.0459.